The van der Waals surface area contributed by atoms with Gasteiger partial charge in [-0.1, -0.05) is 164 Å². The zero-order valence-electron chi connectivity index (χ0n) is 26.7. The van der Waals surface area contributed by atoms with Crippen molar-refractivity contribution in [3.8, 4) is 44.5 Å². The van der Waals surface area contributed by atoms with E-state index in [1.54, 1.807) is 0 Å². The average molecular weight is 599 g/mol. The van der Waals surface area contributed by atoms with Crippen molar-refractivity contribution in [2.75, 3.05) is 0 Å². The van der Waals surface area contributed by atoms with Gasteiger partial charge in [0.05, 0.1) is 0 Å². The maximum atomic E-state index is 2.45. The van der Waals surface area contributed by atoms with Crippen LogP contribution in [0.25, 0.3) is 66.1 Å². The molecule has 0 bridgehead atoms. The van der Waals surface area contributed by atoms with Crippen molar-refractivity contribution in [3.63, 3.8) is 0 Å². The summed E-state index contributed by atoms with van der Waals surface area (Å²) in [6.45, 7) is 4.61. The summed E-state index contributed by atoms with van der Waals surface area (Å²) in [6, 6.07) is 62.8. The molecule has 1 aliphatic rings. The molecule has 0 spiro atoms. The van der Waals surface area contributed by atoms with Crippen LogP contribution in [0.2, 0.25) is 0 Å². The molecule has 9 rings (SSSR count). The van der Waals surface area contributed by atoms with Gasteiger partial charge in [-0.25, -0.2) is 0 Å². The summed E-state index contributed by atoms with van der Waals surface area (Å²) in [5, 5.41) is 5.09. The van der Waals surface area contributed by atoms with Crippen LogP contribution in [0.1, 0.15) is 29.2 Å². The predicted molar refractivity (Wildman–Crippen MR) is 200 cm³/mol. The Hall–Kier alpha value is -5.72. The lowest BCUT2D eigenvalue weighted by Gasteiger charge is -2.29. The second-order valence-electron chi connectivity index (χ2n) is 13.0. The predicted octanol–water partition coefficient (Wildman–Crippen LogP) is 12.6. The standard InChI is InChI=1S/C47H34/c1-31-16-3-4-19-34(31)35-20-5-6-23-38(35)46-41-26-9-7-24-39(41)45(40-25-8-10-27-42(40)46)32-17-15-18-33(30-32)47(2)43-28-13-11-21-36(43)37-22-12-14-29-44(37)47/h3-30H,1-2H3. The minimum absolute atomic E-state index is 0.249. The maximum absolute atomic E-state index is 2.45. The molecule has 0 saturated heterocycles. The molecule has 0 saturated carbocycles. The van der Waals surface area contributed by atoms with Crippen molar-refractivity contribution in [1.82, 2.24) is 0 Å². The van der Waals surface area contributed by atoms with Crippen LogP contribution < -0.4 is 0 Å². The molecule has 8 aromatic carbocycles. The van der Waals surface area contributed by atoms with Gasteiger partial charge in [0.25, 0.3) is 0 Å². The monoisotopic (exact) mass is 598 g/mol. The molecule has 8 aromatic rings. The van der Waals surface area contributed by atoms with E-state index in [9.17, 15) is 0 Å². The van der Waals surface area contributed by atoms with Gasteiger partial charge in [-0.05, 0) is 108 Å². The molecule has 0 amide bonds. The molecule has 0 N–H and O–H groups in total. The van der Waals surface area contributed by atoms with E-state index in [1.807, 2.05) is 0 Å². The van der Waals surface area contributed by atoms with Gasteiger partial charge >= 0.3 is 0 Å². The average Bonchev–Trinajstić information content (AvgIpc) is 3.40. The fraction of sp³-hybridized carbons (Fsp3) is 0.0638. The first kappa shape index (κ1) is 27.6. The molecule has 0 radical (unpaired) electrons. The molecule has 0 fully saturated rings. The first-order valence-corrected chi connectivity index (χ1v) is 16.5. The Morgan fingerprint density at radius 2 is 0.809 bits per heavy atom. The third-order valence-corrected chi connectivity index (χ3v) is 10.5. The normalized spacial score (nSPS) is 13.1. The van der Waals surface area contributed by atoms with Crippen molar-refractivity contribution in [3.05, 3.63) is 192 Å². The van der Waals surface area contributed by atoms with Crippen LogP contribution in [-0.4, -0.2) is 0 Å². The Bertz CT molecular complexity index is 2390. The number of rotatable bonds is 4. The molecular formula is C47H34. The summed E-state index contributed by atoms with van der Waals surface area (Å²) in [4.78, 5) is 0. The van der Waals surface area contributed by atoms with Crippen LogP contribution in [0.15, 0.2) is 170 Å². The highest BCUT2D eigenvalue weighted by atomic mass is 14.4. The lowest BCUT2D eigenvalue weighted by atomic mass is 9.73. The van der Waals surface area contributed by atoms with Gasteiger partial charge in [0.15, 0.2) is 0 Å². The molecule has 0 nitrogen and oxygen atoms in total. The first-order chi connectivity index (χ1) is 23.1. The van der Waals surface area contributed by atoms with Crippen molar-refractivity contribution < 1.29 is 0 Å². The Morgan fingerprint density at radius 3 is 1.38 bits per heavy atom. The van der Waals surface area contributed by atoms with Gasteiger partial charge < -0.3 is 0 Å². The van der Waals surface area contributed by atoms with Crippen LogP contribution in [0.5, 0.6) is 0 Å². The first-order valence-electron chi connectivity index (χ1n) is 16.5. The molecule has 0 aromatic heterocycles. The lowest BCUT2D eigenvalue weighted by Crippen LogP contribution is -2.22. The molecule has 0 aliphatic heterocycles. The summed E-state index contributed by atoms with van der Waals surface area (Å²) in [7, 11) is 0. The van der Waals surface area contributed by atoms with Gasteiger partial charge in [-0.2, -0.15) is 0 Å². The molecule has 0 unspecified atom stereocenters. The lowest BCUT2D eigenvalue weighted by molar-refractivity contribution is 0.714. The van der Waals surface area contributed by atoms with E-state index in [0.717, 1.165) is 0 Å². The summed E-state index contributed by atoms with van der Waals surface area (Å²) < 4.78 is 0. The quantitative estimate of drug-likeness (QED) is 0.177. The summed E-state index contributed by atoms with van der Waals surface area (Å²) in [6.07, 6.45) is 0. The topological polar surface area (TPSA) is 0 Å². The zero-order valence-corrected chi connectivity index (χ0v) is 26.7. The minimum atomic E-state index is -0.249. The summed E-state index contributed by atoms with van der Waals surface area (Å²) in [5.41, 5.74) is 15.4. The van der Waals surface area contributed by atoms with E-state index in [4.69, 9.17) is 0 Å². The number of hydrogen-bond acceptors (Lipinski definition) is 0. The molecule has 0 heteroatoms. The zero-order chi connectivity index (χ0) is 31.5. The largest absolute Gasteiger partial charge is 0.0620 e. The van der Waals surface area contributed by atoms with E-state index in [-0.39, 0.29) is 5.41 Å². The Labute approximate surface area is 276 Å². The Morgan fingerprint density at radius 1 is 0.362 bits per heavy atom. The number of aryl methyl sites for hydroxylation is 1. The van der Waals surface area contributed by atoms with Gasteiger partial charge in [0.2, 0.25) is 0 Å². The Kier molecular flexibility index (Phi) is 6.27. The SMILES string of the molecule is Cc1ccccc1-c1ccccc1-c1c2ccccc2c(-c2cccc(C3(C)c4ccccc4-c4ccccc43)c2)c2ccccc12. The molecule has 1 aliphatic carbocycles. The third-order valence-electron chi connectivity index (χ3n) is 10.5. The molecule has 222 valence electrons. The van der Waals surface area contributed by atoms with E-state index in [1.165, 1.54) is 88.3 Å². The third kappa shape index (κ3) is 4.08. The second-order valence-corrected chi connectivity index (χ2v) is 13.0. The fourth-order valence-electron chi connectivity index (χ4n) is 8.29. The Balaban J connectivity index is 1.32. The van der Waals surface area contributed by atoms with Gasteiger partial charge in [-0.3, -0.25) is 0 Å². The van der Waals surface area contributed by atoms with E-state index in [0.29, 0.717) is 0 Å². The highest BCUT2D eigenvalue weighted by molar-refractivity contribution is 6.22. The minimum Gasteiger partial charge on any atom is -0.0620 e. The van der Waals surface area contributed by atoms with Gasteiger partial charge in [0, 0.05) is 5.41 Å². The van der Waals surface area contributed by atoms with Crippen LogP contribution in [0.3, 0.4) is 0 Å². The molecular weight excluding hydrogens is 565 g/mol. The number of benzene rings is 8. The molecule has 0 atom stereocenters. The highest BCUT2D eigenvalue weighted by Gasteiger charge is 2.40. The van der Waals surface area contributed by atoms with E-state index < -0.39 is 0 Å². The maximum Gasteiger partial charge on any atom is 0.0435 e. The van der Waals surface area contributed by atoms with Crippen LogP contribution >= 0.6 is 0 Å². The number of hydrogen-bond donors (Lipinski definition) is 0. The molecule has 47 heavy (non-hydrogen) atoms. The summed E-state index contributed by atoms with van der Waals surface area (Å²) in [5.74, 6) is 0. The van der Waals surface area contributed by atoms with Crippen molar-refractivity contribution in [1.29, 1.82) is 0 Å². The van der Waals surface area contributed by atoms with Crippen LogP contribution in [0.4, 0.5) is 0 Å². The molecule has 0 heterocycles. The van der Waals surface area contributed by atoms with Gasteiger partial charge in [0.1, 0.15) is 0 Å². The second kappa shape index (κ2) is 10.7. The smallest absolute Gasteiger partial charge is 0.0435 e. The number of fused-ring (bicyclic) bond motifs is 5. The highest BCUT2D eigenvalue weighted by Crippen LogP contribution is 2.53. The fourth-order valence-corrected chi connectivity index (χ4v) is 8.29. The summed E-state index contributed by atoms with van der Waals surface area (Å²) >= 11 is 0. The van der Waals surface area contributed by atoms with E-state index in [2.05, 4.69) is 184 Å². The van der Waals surface area contributed by atoms with Crippen LogP contribution in [-0.2, 0) is 5.41 Å². The van der Waals surface area contributed by atoms with E-state index >= 15 is 0 Å². The van der Waals surface area contributed by atoms with Crippen LogP contribution in [0, 0.1) is 6.92 Å². The van der Waals surface area contributed by atoms with Gasteiger partial charge in [-0.15, -0.1) is 0 Å². The van der Waals surface area contributed by atoms with Crippen molar-refractivity contribution >= 4 is 21.5 Å². The van der Waals surface area contributed by atoms with Crippen molar-refractivity contribution in [2.45, 2.75) is 19.3 Å². The van der Waals surface area contributed by atoms with Crippen molar-refractivity contribution in [2.24, 2.45) is 0 Å².